The maximum Gasteiger partial charge on any atom is 0.285 e. The Morgan fingerprint density at radius 2 is 2.00 bits per heavy atom. The second-order valence-corrected chi connectivity index (χ2v) is 7.04. The van der Waals surface area contributed by atoms with Crippen molar-refractivity contribution in [2.45, 2.75) is 0 Å². The third kappa shape index (κ3) is 4.13. The van der Waals surface area contributed by atoms with Gasteiger partial charge in [-0.25, -0.2) is 0 Å². The minimum Gasteiger partial charge on any atom is -0.508 e. The Labute approximate surface area is 162 Å². The van der Waals surface area contributed by atoms with Gasteiger partial charge in [-0.3, -0.25) is 25.1 Å². The SMILES string of the molecule is O=C(NN1C(=O)/C(=C/c2cccc(O)c2)SC1=S)c1cccc([N+](=O)[O-])c1. The van der Waals surface area contributed by atoms with E-state index < -0.39 is 16.7 Å². The summed E-state index contributed by atoms with van der Waals surface area (Å²) in [6.07, 6.45) is 1.54. The van der Waals surface area contributed by atoms with Crippen LogP contribution < -0.4 is 5.43 Å². The minimum absolute atomic E-state index is 0.0233. The van der Waals surface area contributed by atoms with Gasteiger partial charge in [0.1, 0.15) is 5.75 Å². The van der Waals surface area contributed by atoms with Crippen molar-refractivity contribution in [2.75, 3.05) is 0 Å². The number of carbonyl (C=O) groups excluding carboxylic acids is 2. The van der Waals surface area contributed by atoms with Crippen LogP contribution in [-0.4, -0.2) is 31.2 Å². The number of nitrogens with one attached hydrogen (secondary N) is 1. The number of amides is 2. The number of phenols is 1. The number of nitro groups is 1. The lowest BCUT2D eigenvalue weighted by Crippen LogP contribution is -2.44. The van der Waals surface area contributed by atoms with E-state index in [2.05, 4.69) is 5.43 Å². The highest BCUT2D eigenvalue weighted by atomic mass is 32.2. The molecule has 0 radical (unpaired) electrons. The first-order valence-corrected chi connectivity index (χ1v) is 8.70. The minimum atomic E-state index is -0.700. The highest BCUT2D eigenvalue weighted by Crippen LogP contribution is 2.32. The number of thioether (sulfide) groups is 1. The summed E-state index contributed by atoms with van der Waals surface area (Å²) in [5.74, 6) is -1.18. The van der Waals surface area contributed by atoms with Gasteiger partial charge in [-0.15, -0.1) is 0 Å². The Kier molecular flexibility index (Phi) is 5.19. The summed E-state index contributed by atoms with van der Waals surface area (Å²) in [5.41, 5.74) is 2.74. The molecule has 2 amide bonds. The van der Waals surface area contributed by atoms with Gasteiger partial charge in [-0.1, -0.05) is 30.0 Å². The number of rotatable bonds is 4. The van der Waals surface area contributed by atoms with Gasteiger partial charge in [0.15, 0.2) is 4.32 Å². The molecule has 0 saturated carbocycles. The van der Waals surface area contributed by atoms with Gasteiger partial charge in [-0.05, 0) is 42.1 Å². The van der Waals surface area contributed by atoms with E-state index in [1.165, 1.54) is 30.3 Å². The summed E-state index contributed by atoms with van der Waals surface area (Å²) in [6, 6.07) is 11.4. The normalized spacial score (nSPS) is 15.3. The molecule has 8 nitrogen and oxygen atoms in total. The highest BCUT2D eigenvalue weighted by Gasteiger charge is 2.34. The molecular weight excluding hydrogens is 390 g/mol. The standard InChI is InChI=1S/C17H11N3O5S2/c21-13-6-1-3-10(7-13)8-14-16(23)19(17(26)27-14)18-15(22)11-4-2-5-12(9-11)20(24)25/h1-9,21H,(H,18,22)/b14-8-. The summed E-state index contributed by atoms with van der Waals surface area (Å²) in [4.78, 5) is 35.3. The van der Waals surface area contributed by atoms with Gasteiger partial charge in [0.2, 0.25) is 0 Å². The first-order valence-electron chi connectivity index (χ1n) is 7.47. The van der Waals surface area contributed by atoms with E-state index >= 15 is 0 Å². The molecule has 0 unspecified atom stereocenters. The van der Waals surface area contributed by atoms with Gasteiger partial charge in [-0.2, -0.15) is 5.01 Å². The highest BCUT2D eigenvalue weighted by molar-refractivity contribution is 8.26. The lowest BCUT2D eigenvalue weighted by atomic mass is 10.2. The monoisotopic (exact) mass is 401 g/mol. The molecule has 136 valence electrons. The van der Waals surface area contributed by atoms with E-state index in [1.54, 1.807) is 18.2 Å². The molecule has 27 heavy (non-hydrogen) atoms. The van der Waals surface area contributed by atoms with Gasteiger partial charge in [0.05, 0.1) is 9.83 Å². The molecule has 2 N–H and O–H groups in total. The van der Waals surface area contributed by atoms with Crippen LogP contribution in [0.5, 0.6) is 5.75 Å². The molecule has 2 aromatic carbocycles. The number of nitro benzene ring substituents is 1. The van der Waals surface area contributed by atoms with Crippen LogP contribution >= 0.6 is 24.0 Å². The molecule has 0 spiro atoms. The van der Waals surface area contributed by atoms with Gasteiger partial charge < -0.3 is 5.11 Å². The lowest BCUT2D eigenvalue weighted by molar-refractivity contribution is -0.384. The van der Waals surface area contributed by atoms with E-state index in [0.29, 0.717) is 5.56 Å². The van der Waals surface area contributed by atoms with E-state index in [-0.39, 0.29) is 26.2 Å². The van der Waals surface area contributed by atoms with Gasteiger partial charge in [0, 0.05) is 17.7 Å². The van der Waals surface area contributed by atoms with Crippen molar-refractivity contribution in [3.63, 3.8) is 0 Å². The Balaban J connectivity index is 1.78. The van der Waals surface area contributed by atoms with E-state index in [9.17, 15) is 24.8 Å². The Morgan fingerprint density at radius 3 is 2.70 bits per heavy atom. The first-order chi connectivity index (χ1) is 12.8. The summed E-state index contributed by atoms with van der Waals surface area (Å²) >= 11 is 6.12. The fourth-order valence-corrected chi connectivity index (χ4v) is 3.44. The number of aromatic hydroxyl groups is 1. The number of hydrogen-bond donors (Lipinski definition) is 2. The third-order valence-corrected chi connectivity index (χ3v) is 4.80. The van der Waals surface area contributed by atoms with Crippen LogP contribution in [0.25, 0.3) is 6.08 Å². The number of nitrogens with zero attached hydrogens (tertiary/aromatic N) is 2. The average molecular weight is 401 g/mol. The first kappa shape index (κ1) is 18.5. The molecule has 0 aliphatic carbocycles. The van der Waals surface area contributed by atoms with Crippen molar-refractivity contribution in [1.29, 1.82) is 0 Å². The number of non-ortho nitro benzene ring substituents is 1. The molecule has 1 fully saturated rings. The topological polar surface area (TPSA) is 113 Å². The molecule has 0 bridgehead atoms. The van der Waals surface area contributed by atoms with Crippen molar-refractivity contribution < 1.29 is 19.6 Å². The average Bonchev–Trinajstić information content (AvgIpc) is 2.89. The zero-order chi connectivity index (χ0) is 19.6. The molecule has 0 aromatic heterocycles. The molecule has 2 aromatic rings. The molecule has 1 aliphatic heterocycles. The molecule has 1 heterocycles. The predicted octanol–water partition coefficient (Wildman–Crippen LogP) is 2.85. The second kappa shape index (κ2) is 7.56. The van der Waals surface area contributed by atoms with Gasteiger partial charge >= 0.3 is 0 Å². The maximum atomic E-state index is 12.5. The fraction of sp³-hybridized carbons (Fsp3) is 0. The second-order valence-electron chi connectivity index (χ2n) is 5.36. The van der Waals surface area contributed by atoms with Gasteiger partial charge in [0.25, 0.3) is 17.5 Å². The fourth-order valence-electron chi connectivity index (χ4n) is 2.26. The van der Waals surface area contributed by atoms with Crippen molar-refractivity contribution in [1.82, 2.24) is 10.4 Å². The summed E-state index contributed by atoms with van der Waals surface area (Å²) < 4.78 is 0.116. The van der Waals surface area contributed by atoms with Crippen molar-refractivity contribution in [3.8, 4) is 5.75 Å². The van der Waals surface area contributed by atoms with Crippen molar-refractivity contribution >= 4 is 51.9 Å². The molecule has 10 heteroatoms. The summed E-state index contributed by atoms with van der Waals surface area (Å²) in [7, 11) is 0. The number of phenolic OH excluding ortho intramolecular Hbond substituents is 1. The molecule has 3 rings (SSSR count). The number of carbonyl (C=O) groups is 2. The Hall–Kier alpha value is -3.24. The summed E-state index contributed by atoms with van der Waals surface area (Å²) in [5, 5.41) is 21.2. The maximum absolute atomic E-state index is 12.5. The van der Waals surface area contributed by atoms with E-state index in [1.807, 2.05) is 0 Å². The predicted molar refractivity (Wildman–Crippen MR) is 104 cm³/mol. The zero-order valence-corrected chi connectivity index (χ0v) is 15.1. The molecule has 0 atom stereocenters. The van der Waals surface area contributed by atoms with Crippen LogP contribution in [0.3, 0.4) is 0 Å². The number of thiocarbonyl (C=S) groups is 1. The van der Waals surface area contributed by atoms with E-state index in [4.69, 9.17) is 12.2 Å². The largest absolute Gasteiger partial charge is 0.508 e. The lowest BCUT2D eigenvalue weighted by Gasteiger charge is -2.15. The van der Waals surface area contributed by atoms with Crippen LogP contribution in [0, 0.1) is 10.1 Å². The smallest absolute Gasteiger partial charge is 0.285 e. The van der Waals surface area contributed by atoms with Crippen LogP contribution in [0.15, 0.2) is 53.4 Å². The number of hydrazine groups is 1. The molecular formula is C17H11N3O5S2. The van der Waals surface area contributed by atoms with Crippen LogP contribution in [0.4, 0.5) is 5.69 Å². The van der Waals surface area contributed by atoms with Crippen molar-refractivity contribution in [2.24, 2.45) is 0 Å². The van der Waals surface area contributed by atoms with Crippen molar-refractivity contribution in [3.05, 3.63) is 74.7 Å². The zero-order valence-electron chi connectivity index (χ0n) is 13.5. The van der Waals surface area contributed by atoms with Crippen LogP contribution in [-0.2, 0) is 4.79 Å². The van der Waals surface area contributed by atoms with Crippen LogP contribution in [0.1, 0.15) is 15.9 Å². The molecule has 1 saturated heterocycles. The third-order valence-electron chi connectivity index (χ3n) is 3.49. The van der Waals surface area contributed by atoms with Crippen LogP contribution in [0.2, 0.25) is 0 Å². The number of benzene rings is 2. The number of hydrogen-bond acceptors (Lipinski definition) is 7. The van der Waals surface area contributed by atoms with E-state index in [0.717, 1.165) is 22.8 Å². The molecule has 1 aliphatic rings. The summed E-state index contributed by atoms with van der Waals surface area (Å²) in [6.45, 7) is 0. The Morgan fingerprint density at radius 1 is 1.26 bits per heavy atom. The quantitative estimate of drug-likeness (QED) is 0.350. The Bertz CT molecular complexity index is 1010.